The SMILES string of the molecule is C#CC1C(=NC)c2ccccc2-c2ccc(-c3cccc(-c4ccc5c(ccc6ccccc65)c4)c3)cc21. The summed E-state index contributed by atoms with van der Waals surface area (Å²) in [5.74, 6) is 2.85. The van der Waals surface area contributed by atoms with Gasteiger partial charge < -0.3 is 0 Å². The number of rotatable bonds is 2. The quantitative estimate of drug-likeness (QED) is 0.172. The van der Waals surface area contributed by atoms with Crippen molar-refractivity contribution < 1.29 is 0 Å². The topological polar surface area (TPSA) is 12.4 Å². The number of terminal acetylenes is 1. The first kappa shape index (κ1) is 22.3. The first-order valence-corrected chi connectivity index (χ1v) is 12.9. The van der Waals surface area contributed by atoms with E-state index in [2.05, 4.69) is 132 Å². The summed E-state index contributed by atoms with van der Waals surface area (Å²) >= 11 is 0. The van der Waals surface area contributed by atoms with Crippen molar-refractivity contribution in [1.82, 2.24) is 0 Å². The van der Waals surface area contributed by atoms with Gasteiger partial charge in [-0.1, -0.05) is 109 Å². The predicted octanol–water partition coefficient (Wildman–Crippen LogP) is 9.14. The second-order valence-electron chi connectivity index (χ2n) is 9.86. The van der Waals surface area contributed by atoms with Crippen molar-refractivity contribution in [3.05, 3.63) is 132 Å². The van der Waals surface area contributed by atoms with Crippen LogP contribution in [0.3, 0.4) is 0 Å². The maximum absolute atomic E-state index is 6.08. The van der Waals surface area contributed by atoms with Crippen molar-refractivity contribution in [2.24, 2.45) is 4.99 Å². The molecule has 7 rings (SSSR count). The molecule has 0 saturated heterocycles. The molecule has 0 amide bonds. The van der Waals surface area contributed by atoms with Crippen molar-refractivity contribution in [2.75, 3.05) is 7.05 Å². The third-order valence-electron chi connectivity index (χ3n) is 7.81. The Labute approximate surface area is 223 Å². The monoisotopic (exact) mass is 483 g/mol. The lowest BCUT2D eigenvalue weighted by Crippen LogP contribution is -2.19. The van der Waals surface area contributed by atoms with Crippen LogP contribution in [0.25, 0.3) is 54.9 Å². The Morgan fingerprint density at radius 1 is 0.553 bits per heavy atom. The first-order valence-electron chi connectivity index (χ1n) is 12.9. The molecule has 1 nitrogen and oxygen atoms in total. The summed E-state index contributed by atoms with van der Waals surface area (Å²) in [6, 6.07) is 43.7. The summed E-state index contributed by atoms with van der Waals surface area (Å²) in [6.07, 6.45) is 6.08. The smallest absolute Gasteiger partial charge is 0.0879 e. The molecule has 0 heterocycles. The van der Waals surface area contributed by atoms with Crippen LogP contribution in [-0.2, 0) is 0 Å². The molecule has 6 aromatic rings. The van der Waals surface area contributed by atoms with Gasteiger partial charge in [-0.2, -0.15) is 0 Å². The Morgan fingerprint density at radius 2 is 1.21 bits per heavy atom. The molecule has 1 aliphatic carbocycles. The van der Waals surface area contributed by atoms with Crippen molar-refractivity contribution >= 4 is 27.3 Å². The van der Waals surface area contributed by atoms with Gasteiger partial charge in [-0.15, -0.1) is 6.42 Å². The van der Waals surface area contributed by atoms with Crippen LogP contribution in [0.4, 0.5) is 0 Å². The van der Waals surface area contributed by atoms with Crippen LogP contribution in [0, 0.1) is 12.3 Å². The molecule has 6 aromatic carbocycles. The van der Waals surface area contributed by atoms with Crippen LogP contribution in [0.5, 0.6) is 0 Å². The summed E-state index contributed by atoms with van der Waals surface area (Å²) < 4.78 is 0. The lowest BCUT2D eigenvalue weighted by atomic mass is 9.76. The molecule has 0 saturated carbocycles. The van der Waals surface area contributed by atoms with Crippen LogP contribution in [0.2, 0.25) is 0 Å². The third-order valence-corrected chi connectivity index (χ3v) is 7.81. The van der Waals surface area contributed by atoms with Gasteiger partial charge in [0.15, 0.2) is 0 Å². The molecule has 0 N–H and O–H groups in total. The van der Waals surface area contributed by atoms with E-state index in [-0.39, 0.29) is 5.92 Å². The predicted molar refractivity (Wildman–Crippen MR) is 162 cm³/mol. The standard InChI is InChI=1S/C37H25N/c1-3-30-36-23-28(18-20-34(36)33-13-6-7-14-35(33)37(30)38-2)26-11-8-10-25(21-26)27-17-19-32-29(22-27)16-15-24-9-4-5-12-31(24)32/h1,4-23,30H,2H3. The lowest BCUT2D eigenvalue weighted by molar-refractivity contribution is 1.14. The zero-order valence-corrected chi connectivity index (χ0v) is 21.1. The highest BCUT2D eigenvalue weighted by atomic mass is 14.7. The number of fused-ring (bicyclic) bond motifs is 6. The van der Waals surface area contributed by atoms with E-state index in [1.54, 1.807) is 0 Å². The van der Waals surface area contributed by atoms with Crippen molar-refractivity contribution in [3.8, 4) is 45.7 Å². The van der Waals surface area contributed by atoms with E-state index >= 15 is 0 Å². The van der Waals surface area contributed by atoms with Crippen LogP contribution in [-0.4, -0.2) is 12.8 Å². The second kappa shape index (κ2) is 8.87. The maximum atomic E-state index is 6.08. The van der Waals surface area contributed by atoms with Gasteiger partial charge in [0.2, 0.25) is 0 Å². The van der Waals surface area contributed by atoms with E-state index in [1.807, 2.05) is 7.05 Å². The van der Waals surface area contributed by atoms with E-state index < -0.39 is 0 Å². The maximum Gasteiger partial charge on any atom is 0.0879 e. The second-order valence-corrected chi connectivity index (χ2v) is 9.86. The molecule has 38 heavy (non-hydrogen) atoms. The van der Waals surface area contributed by atoms with E-state index in [0.29, 0.717) is 0 Å². The third kappa shape index (κ3) is 3.46. The summed E-state index contributed by atoms with van der Waals surface area (Å²) in [6.45, 7) is 0. The van der Waals surface area contributed by atoms with E-state index in [9.17, 15) is 0 Å². The van der Waals surface area contributed by atoms with Gasteiger partial charge in [0, 0.05) is 12.6 Å². The Bertz CT molecular complexity index is 1950. The lowest BCUT2D eigenvalue weighted by Gasteiger charge is -2.27. The molecule has 0 spiro atoms. The van der Waals surface area contributed by atoms with Gasteiger partial charge in [-0.05, 0) is 78.7 Å². The zero-order chi connectivity index (χ0) is 25.6. The van der Waals surface area contributed by atoms with Crippen LogP contribution < -0.4 is 0 Å². The fraction of sp³-hybridized carbons (Fsp3) is 0.0541. The molecular weight excluding hydrogens is 458 g/mol. The molecule has 0 bridgehead atoms. The minimum Gasteiger partial charge on any atom is -0.291 e. The summed E-state index contributed by atoms with van der Waals surface area (Å²) in [5, 5.41) is 5.10. The highest BCUT2D eigenvalue weighted by Gasteiger charge is 2.29. The number of benzene rings is 6. The molecule has 178 valence electrons. The number of hydrogen-bond acceptors (Lipinski definition) is 1. The molecule has 1 atom stereocenters. The molecular formula is C37H25N. The molecule has 1 unspecified atom stereocenters. The normalized spacial score (nSPS) is 15.3. The Morgan fingerprint density at radius 3 is 2.03 bits per heavy atom. The van der Waals surface area contributed by atoms with E-state index in [1.165, 1.54) is 49.4 Å². The molecule has 1 aliphatic rings. The van der Waals surface area contributed by atoms with Crippen LogP contribution in [0.15, 0.2) is 126 Å². The van der Waals surface area contributed by atoms with Gasteiger partial charge in [-0.25, -0.2) is 0 Å². The molecule has 1 heteroatoms. The fourth-order valence-corrected chi connectivity index (χ4v) is 5.96. The fourth-order valence-electron chi connectivity index (χ4n) is 5.96. The minimum atomic E-state index is -0.164. The van der Waals surface area contributed by atoms with Crippen molar-refractivity contribution in [2.45, 2.75) is 5.92 Å². The van der Waals surface area contributed by atoms with Gasteiger partial charge in [0.25, 0.3) is 0 Å². The van der Waals surface area contributed by atoms with Crippen molar-refractivity contribution in [3.63, 3.8) is 0 Å². The average molecular weight is 484 g/mol. The van der Waals surface area contributed by atoms with Gasteiger partial charge in [0.1, 0.15) is 0 Å². The highest BCUT2D eigenvalue weighted by Crippen LogP contribution is 2.42. The van der Waals surface area contributed by atoms with E-state index in [4.69, 9.17) is 6.42 Å². The Kier molecular flexibility index (Phi) is 5.20. The molecule has 0 aromatic heterocycles. The van der Waals surface area contributed by atoms with Crippen molar-refractivity contribution in [1.29, 1.82) is 0 Å². The van der Waals surface area contributed by atoms with Gasteiger partial charge >= 0.3 is 0 Å². The average Bonchev–Trinajstić information content (AvgIpc) is 2.99. The molecule has 0 fully saturated rings. The van der Waals surface area contributed by atoms with Gasteiger partial charge in [0.05, 0.1) is 11.6 Å². The number of hydrogen-bond donors (Lipinski definition) is 0. The highest BCUT2D eigenvalue weighted by molar-refractivity contribution is 6.15. The summed E-state index contributed by atoms with van der Waals surface area (Å²) in [5.41, 5.74) is 10.4. The largest absolute Gasteiger partial charge is 0.291 e. The van der Waals surface area contributed by atoms with Crippen LogP contribution >= 0.6 is 0 Å². The summed E-state index contributed by atoms with van der Waals surface area (Å²) in [4.78, 5) is 4.61. The number of aliphatic imine (C=N–C) groups is 1. The summed E-state index contributed by atoms with van der Waals surface area (Å²) in [7, 11) is 1.83. The van der Waals surface area contributed by atoms with Gasteiger partial charge in [-0.3, -0.25) is 4.99 Å². The molecule has 0 aliphatic heterocycles. The number of nitrogens with zero attached hydrogens (tertiary/aromatic N) is 1. The zero-order valence-electron chi connectivity index (χ0n) is 21.1. The minimum absolute atomic E-state index is 0.164. The first-order chi connectivity index (χ1) is 18.7. The Balaban J connectivity index is 1.33. The Hall–Kier alpha value is -4.93. The molecule has 0 radical (unpaired) electrons. The van der Waals surface area contributed by atoms with Crippen LogP contribution in [0.1, 0.15) is 17.0 Å². The van der Waals surface area contributed by atoms with E-state index in [0.717, 1.165) is 22.4 Å².